The minimum Gasteiger partial charge on any atom is -0.462 e. The maximum atomic E-state index is 11.2. The average Bonchev–Trinajstić information content (AvgIpc) is 2.77. The third-order valence-electron chi connectivity index (χ3n) is 2.01. The van der Waals surface area contributed by atoms with Gasteiger partial charge in [-0.3, -0.25) is 4.57 Å². The number of rotatable bonds is 3. The standard InChI is InChI=1S/C9H9N2O4PS/c1-17-9-10-4-2-6(11-9)8-7(3-5-15-8)16(12,13)14/h2-5H,1H3,(H2,12,13,14). The van der Waals surface area contributed by atoms with Gasteiger partial charge in [0.05, 0.1) is 6.26 Å². The molecule has 0 unspecified atom stereocenters. The number of nitrogens with zero attached hydrogens (tertiary/aromatic N) is 2. The van der Waals surface area contributed by atoms with E-state index in [1.165, 1.54) is 36.4 Å². The van der Waals surface area contributed by atoms with E-state index in [1.807, 2.05) is 6.26 Å². The lowest BCUT2D eigenvalue weighted by Crippen LogP contribution is -2.04. The lowest BCUT2D eigenvalue weighted by molar-refractivity contribution is 0.387. The highest BCUT2D eigenvalue weighted by atomic mass is 32.2. The molecule has 2 heterocycles. The molecule has 0 amide bonds. The van der Waals surface area contributed by atoms with Gasteiger partial charge in [-0.15, -0.1) is 0 Å². The molecule has 0 spiro atoms. The lowest BCUT2D eigenvalue weighted by atomic mass is 10.3. The molecule has 0 fully saturated rings. The number of aromatic nitrogens is 2. The number of furan rings is 1. The zero-order chi connectivity index (χ0) is 12.5. The van der Waals surface area contributed by atoms with Crippen molar-refractivity contribution in [3.05, 3.63) is 24.6 Å². The first-order chi connectivity index (χ1) is 8.02. The second-order valence-electron chi connectivity index (χ2n) is 3.11. The van der Waals surface area contributed by atoms with E-state index in [2.05, 4.69) is 9.97 Å². The van der Waals surface area contributed by atoms with Crippen LogP contribution in [0.2, 0.25) is 0 Å². The summed E-state index contributed by atoms with van der Waals surface area (Å²) in [7, 11) is -4.36. The summed E-state index contributed by atoms with van der Waals surface area (Å²) in [5.41, 5.74) is 0.354. The predicted octanol–water partition coefficient (Wildman–Crippen LogP) is 1.26. The van der Waals surface area contributed by atoms with Crippen molar-refractivity contribution in [1.82, 2.24) is 9.97 Å². The summed E-state index contributed by atoms with van der Waals surface area (Å²) in [4.78, 5) is 26.4. The summed E-state index contributed by atoms with van der Waals surface area (Å²) in [6.45, 7) is 0. The van der Waals surface area contributed by atoms with Gasteiger partial charge in [0.25, 0.3) is 0 Å². The molecule has 17 heavy (non-hydrogen) atoms. The van der Waals surface area contributed by atoms with Gasteiger partial charge in [-0.25, -0.2) is 9.97 Å². The van der Waals surface area contributed by atoms with Gasteiger partial charge in [0.2, 0.25) is 0 Å². The van der Waals surface area contributed by atoms with Crippen molar-refractivity contribution in [3.63, 3.8) is 0 Å². The van der Waals surface area contributed by atoms with E-state index < -0.39 is 7.60 Å². The third-order valence-corrected chi connectivity index (χ3v) is 3.55. The van der Waals surface area contributed by atoms with Crippen LogP contribution in [0.5, 0.6) is 0 Å². The summed E-state index contributed by atoms with van der Waals surface area (Å²) < 4.78 is 16.3. The molecule has 0 aromatic carbocycles. The summed E-state index contributed by atoms with van der Waals surface area (Å²) in [5, 5.41) is 0.346. The fraction of sp³-hybridized carbons (Fsp3) is 0.111. The Bertz CT molecular complexity index is 580. The molecule has 0 saturated heterocycles. The average molecular weight is 272 g/mol. The SMILES string of the molecule is CSc1nccc(-c2occc2P(=O)(O)O)n1. The molecule has 2 N–H and O–H groups in total. The van der Waals surface area contributed by atoms with E-state index >= 15 is 0 Å². The van der Waals surface area contributed by atoms with Gasteiger partial charge in [-0.05, 0) is 18.4 Å². The molecule has 2 rings (SSSR count). The molecule has 2 aromatic rings. The van der Waals surface area contributed by atoms with Crippen LogP contribution in [0.1, 0.15) is 0 Å². The molecule has 90 valence electrons. The van der Waals surface area contributed by atoms with Crippen LogP contribution in [-0.4, -0.2) is 26.0 Å². The first-order valence-corrected chi connectivity index (χ1v) is 7.37. The van der Waals surface area contributed by atoms with Crippen LogP contribution in [0.4, 0.5) is 0 Å². The fourth-order valence-electron chi connectivity index (χ4n) is 1.29. The molecular formula is C9H9N2O4PS. The Labute approximate surface area is 101 Å². The van der Waals surface area contributed by atoms with Crippen molar-refractivity contribution in [2.24, 2.45) is 0 Å². The summed E-state index contributed by atoms with van der Waals surface area (Å²) in [5.74, 6) is 0.0797. The predicted molar refractivity (Wildman–Crippen MR) is 63.2 cm³/mol. The van der Waals surface area contributed by atoms with Crippen LogP contribution < -0.4 is 5.30 Å². The van der Waals surface area contributed by atoms with Crippen molar-refractivity contribution in [1.29, 1.82) is 0 Å². The van der Waals surface area contributed by atoms with Gasteiger partial charge in [-0.2, -0.15) is 0 Å². The molecule has 0 atom stereocenters. The molecule has 2 aromatic heterocycles. The largest absolute Gasteiger partial charge is 0.462 e. The molecule has 0 aliphatic rings. The van der Waals surface area contributed by atoms with Gasteiger partial charge in [0, 0.05) is 6.20 Å². The Morgan fingerprint density at radius 1 is 1.41 bits per heavy atom. The molecule has 0 aliphatic carbocycles. The maximum absolute atomic E-state index is 11.2. The van der Waals surface area contributed by atoms with Crippen molar-refractivity contribution < 1.29 is 18.8 Å². The van der Waals surface area contributed by atoms with Crippen LogP contribution in [0.25, 0.3) is 11.5 Å². The number of hydrogen-bond acceptors (Lipinski definition) is 5. The zero-order valence-electron chi connectivity index (χ0n) is 8.77. The van der Waals surface area contributed by atoms with Crippen LogP contribution in [0, 0.1) is 0 Å². The maximum Gasteiger partial charge on any atom is 0.360 e. The molecule has 0 radical (unpaired) electrons. The second kappa shape index (κ2) is 4.62. The van der Waals surface area contributed by atoms with Gasteiger partial charge in [0.1, 0.15) is 11.0 Å². The molecule has 0 saturated carbocycles. The van der Waals surface area contributed by atoms with Crippen LogP contribution in [-0.2, 0) is 4.57 Å². The molecular weight excluding hydrogens is 263 g/mol. The number of hydrogen-bond donors (Lipinski definition) is 2. The van der Waals surface area contributed by atoms with E-state index in [4.69, 9.17) is 14.2 Å². The molecule has 0 aliphatic heterocycles. The van der Waals surface area contributed by atoms with E-state index in [-0.39, 0.29) is 11.1 Å². The zero-order valence-corrected chi connectivity index (χ0v) is 10.5. The Morgan fingerprint density at radius 3 is 2.82 bits per heavy atom. The number of thioether (sulfide) groups is 1. The van der Waals surface area contributed by atoms with Crippen LogP contribution in [0.3, 0.4) is 0 Å². The van der Waals surface area contributed by atoms with E-state index in [0.717, 1.165) is 0 Å². The highest BCUT2D eigenvalue weighted by molar-refractivity contribution is 7.98. The van der Waals surface area contributed by atoms with Crippen LogP contribution >= 0.6 is 19.4 Å². The van der Waals surface area contributed by atoms with Crippen molar-refractivity contribution >= 4 is 24.7 Å². The Morgan fingerprint density at radius 2 is 2.18 bits per heavy atom. The molecule has 0 bridgehead atoms. The third kappa shape index (κ3) is 2.58. The topological polar surface area (TPSA) is 96.5 Å². The lowest BCUT2D eigenvalue weighted by Gasteiger charge is -2.04. The smallest absolute Gasteiger partial charge is 0.360 e. The van der Waals surface area contributed by atoms with Crippen LogP contribution in [0.15, 0.2) is 34.2 Å². The quantitative estimate of drug-likeness (QED) is 0.493. The van der Waals surface area contributed by atoms with Crippen molar-refractivity contribution in [2.45, 2.75) is 5.16 Å². The van der Waals surface area contributed by atoms with Crippen molar-refractivity contribution in [2.75, 3.05) is 6.26 Å². The Balaban J connectivity index is 2.54. The van der Waals surface area contributed by atoms with Crippen molar-refractivity contribution in [3.8, 4) is 11.5 Å². The summed E-state index contributed by atoms with van der Waals surface area (Å²) in [6, 6.07) is 2.79. The molecule has 8 heteroatoms. The first-order valence-electron chi connectivity index (χ1n) is 4.53. The minimum absolute atomic E-state index is 0.0797. The first kappa shape index (κ1) is 12.3. The monoisotopic (exact) mass is 272 g/mol. The van der Waals surface area contributed by atoms with Gasteiger partial charge in [0.15, 0.2) is 10.9 Å². The highest BCUT2D eigenvalue weighted by Crippen LogP contribution is 2.37. The van der Waals surface area contributed by atoms with E-state index in [1.54, 1.807) is 0 Å². The summed E-state index contributed by atoms with van der Waals surface area (Å²) in [6.07, 6.45) is 4.55. The fourth-order valence-corrected chi connectivity index (χ4v) is 2.33. The Hall–Kier alpha value is -1.14. The van der Waals surface area contributed by atoms with Gasteiger partial charge >= 0.3 is 7.60 Å². The minimum atomic E-state index is -4.36. The second-order valence-corrected chi connectivity index (χ2v) is 5.45. The van der Waals surface area contributed by atoms with Gasteiger partial charge in [-0.1, -0.05) is 11.8 Å². The Kier molecular flexibility index (Phi) is 3.35. The normalized spacial score (nSPS) is 11.7. The highest BCUT2D eigenvalue weighted by Gasteiger charge is 2.25. The van der Waals surface area contributed by atoms with Gasteiger partial charge < -0.3 is 14.2 Å². The molecule has 6 nitrogen and oxygen atoms in total. The summed E-state index contributed by atoms with van der Waals surface area (Å²) >= 11 is 1.34. The van der Waals surface area contributed by atoms with E-state index in [9.17, 15) is 4.57 Å². The van der Waals surface area contributed by atoms with E-state index in [0.29, 0.717) is 10.9 Å².